The minimum atomic E-state index is -0.379. The molecule has 0 aromatic heterocycles. The minimum Gasteiger partial charge on any atom is -0.366 e. The third-order valence-electron chi connectivity index (χ3n) is 2.98. The summed E-state index contributed by atoms with van der Waals surface area (Å²) in [5.74, 6) is 0.874. The van der Waals surface area contributed by atoms with Crippen LogP contribution in [-0.2, 0) is 0 Å². The van der Waals surface area contributed by atoms with Crippen molar-refractivity contribution in [2.24, 2.45) is 0 Å². The summed E-state index contributed by atoms with van der Waals surface area (Å²) in [5, 5.41) is 13.3. The van der Waals surface area contributed by atoms with Gasteiger partial charge in [0, 0.05) is 16.7 Å². The number of anilines is 1. The summed E-state index contributed by atoms with van der Waals surface area (Å²) >= 11 is 1.87. The van der Waals surface area contributed by atoms with E-state index in [1.165, 1.54) is 5.56 Å². The first kappa shape index (κ1) is 11.3. The van der Waals surface area contributed by atoms with Crippen molar-refractivity contribution in [3.05, 3.63) is 29.8 Å². The Morgan fingerprint density at radius 2 is 2.25 bits per heavy atom. The number of benzene rings is 1. The molecule has 0 spiro atoms. The lowest BCUT2D eigenvalue weighted by Gasteiger charge is -2.24. The summed E-state index contributed by atoms with van der Waals surface area (Å²) in [4.78, 5) is 0. The number of hydrogen-bond acceptors (Lipinski definition) is 3. The van der Waals surface area contributed by atoms with Gasteiger partial charge in [-0.2, -0.15) is 17.0 Å². The number of rotatable bonds is 2. The highest BCUT2D eigenvalue weighted by molar-refractivity contribution is 8.00. The molecule has 2 unspecified atom stereocenters. The summed E-state index contributed by atoms with van der Waals surface area (Å²) in [5.41, 5.74) is 1.90. The van der Waals surface area contributed by atoms with Crippen LogP contribution in [-0.4, -0.2) is 16.5 Å². The standard InChI is InChI=1S/C13H16N2S/c1-10-5-3-4-6-12(10)15-13(8-14)7-11(2)16-9-13/h3-6,11,15H,7,9H2,1-2H3. The van der Waals surface area contributed by atoms with Crippen molar-refractivity contribution in [2.45, 2.75) is 31.1 Å². The topological polar surface area (TPSA) is 35.8 Å². The fourth-order valence-corrected chi connectivity index (χ4v) is 3.28. The third-order valence-corrected chi connectivity index (χ3v) is 4.38. The van der Waals surface area contributed by atoms with Gasteiger partial charge in [-0.05, 0) is 25.0 Å². The molecular weight excluding hydrogens is 216 g/mol. The highest BCUT2D eigenvalue weighted by atomic mass is 32.2. The number of nitrogens with zero attached hydrogens (tertiary/aromatic N) is 1. The Hall–Kier alpha value is -1.14. The molecule has 1 aliphatic rings. The average Bonchev–Trinajstić information content (AvgIpc) is 2.65. The molecule has 0 saturated carbocycles. The summed E-state index contributed by atoms with van der Waals surface area (Å²) in [7, 11) is 0. The zero-order chi connectivity index (χ0) is 11.6. The van der Waals surface area contributed by atoms with Crippen molar-refractivity contribution in [3.8, 4) is 6.07 Å². The van der Waals surface area contributed by atoms with Crippen molar-refractivity contribution in [3.63, 3.8) is 0 Å². The van der Waals surface area contributed by atoms with Gasteiger partial charge in [-0.25, -0.2) is 0 Å². The molecule has 0 aliphatic carbocycles. The number of hydrogen-bond donors (Lipinski definition) is 1. The first-order chi connectivity index (χ1) is 7.65. The largest absolute Gasteiger partial charge is 0.366 e. The Labute approximate surface area is 101 Å². The predicted octanol–water partition coefficient (Wildman–Crippen LogP) is 3.19. The molecule has 2 atom stereocenters. The van der Waals surface area contributed by atoms with E-state index < -0.39 is 0 Å². The van der Waals surface area contributed by atoms with Crippen LogP contribution in [0.1, 0.15) is 18.9 Å². The maximum Gasteiger partial charge on any atom is 0.135 e. The highest BCUT2D eigenvalue weighted by Crippen LogP contribution is 2.36. The van der Waals surface area contributed by atoms with Crippen molar-refractivity contribution in [1.82, 2.24) is 0 Å². The van der Waals surface area contributed by atoms with Crippen molar-refractivity contribution in [1.29, 1.82) is 5.26 Å². The van der Waals surface area contributed by atoms with E-state index in [0.29, 0.717) is 5.25 Å². The van der Waals surface area contributed by atoms with E-state index in [0.717, 1.165) is 17.9 Å². The van der Waals surface area contributed by atoms with Crippen LogP contribution < -0.4 is 5.32 Å². The minimum absolute atomic E-state index is 0.379. The Kier molecular flexibility index (Phi) is 3.11. The first-order valence-corrected chi connectivity index (χ1v) is 6.57. The van der Waals surface area contributed by atoms with E-state index in [2.05, 4.69) is 31.3 Å². The van der Waals surface area contributed by atoms with Crippen molar-refractivity contribution in [2.75, 3.05) is 11.1 Å². The lowest BCUT2D eigenvalue weighted by molar-refractivity contribution is 0.626. The Morgan fingerprint density at radius 3 is 2.81 bits per heavy atom. The zero-order valence-corrected chi connectivity index (χ0v) is 10.5. The summed E-state index contributed by atoms with van der Waals surface area (Å²) < 4.78 is 0. The molecule has 0 amide bonds. The quantitative estimate of drug-likeness (QED) is 0.850. The van der Waals surface area contributed by atoms with Crippen LogP contribution in [0.4, 0.5) is 5.69 Å². The van der Waals surface area contributed by atoms with Crippen molar-refractivity contribution >= 4 is 17.4 Å². The predicted molar refractivity (Wildman–Crippen MR) is 69.7 cm³/mol. The number of thioether (sulfide) groups is 1. The van der Waals surface area contributed by atoms with Crippen molar-refractivity contribution < 1.29 is 0 Å². The van der Waals surface area contributed by atoms with Gasteiger partial charge in [0.15, 0.2) is 0 Å². The summed E-state index contributed by atoms with van der Waals surface area (Å²) in [6.45, 7) is 4.25. The maximum absolute atomic E-state index is 9.36. The van der Waals surface area contributed by atoms with E-state index in [4.69, 9.17) is 0 Å². The number of para-hydroxylation sites is 1. The third kappa shape index (κ3) is 2.17. The molecule has 1 aromatic rings. The van der Waals surface area contributed by atoms with Gasteiger partial charge in [0.25, 0.3) is 0 Å². The molecule has 0 bridgehead atoms. The van der Waals surface area contributed by atoms with E-state index >= 15 is 0 Å². The van der Waals surface area contributed by atoms with E-state index in [1.807, 2.05) is 30.0 Å². The fourth-order valence-electron chi connectivity index (χ4n) is 2.06. The fraction of sp³-hybridized carbons (Fsp3) is 0.462. The molecule has 2 rings (SSSR count). The number of nitriles is 1. The van der Waals surface area contributed by atoms with Gasteiger partial charge in [-0.15, -0.1) is 0 Å². The molecule has 1 saturated heterocycles. The second-order valence-electron chi connectivity index (χ2n) is 4.46. The first-order valence-electron chi connectivity index (χ1n) is 5.52. The molecule has 84 valence electrons. The van der Waals surface area contributed by atoms with Crippen LogP contribution >= 0.6 is 11.8 Å². The highest BCUT2D eigenvalue weighted by Gasteiger charge is 2.38. The van der Waals surface area contributed by atoms with Crippen LogP contribution in [0.5, 0.6) is 0 Å². The van der Waals surface area contributed by atoms with E-state index in [9.17, 15) is 5.26 Å². The van der Waals surface area contributed by atoms with Gasteiger partial charge < -0.3 is 5.32 Å². The summed E-state index contributed by atoms with van der Waals surface area (Å²) in [6, 6.07) is 10.6. The summed E-state index contributed by atoms with van der Waals surface area (Å²) in [6.07, 6.45) is 0.919. The molecule has 1 aliphatic heterocycles. The Morgan fingerprint density at radius 1 is 1.50 bits per heavy atom. The van der Waals surface area contributed by atoms with E-state index in [1.54, 1.807) is 0 Å². The number of aryl methyl sites for hydroxylation is 1. The van der Waals surface area contributed by atoms with Gasteiger partial charge in [-0.1, -0.05) is 25.1 Å². The van der Waals surface area contributed by atoms with Gasteiger partial charge in [-0.3, -0.25) is 0 Å². The smallest absolute Gasteiger partial charge is 0.135 e. The second-order valence-corrected chi connectivity index (χ2v) is 5.89. The van der Waals surface area contributed by atoms with Crippen LogP contribution in [0.25, 0.3) is 0 Å². The zero-order valence-electron chi connectivity index (χ0n) is 9.66. The molecule has 3 heteroatoms. The van der Waals surface area contributed by atoms with Gasteiger partial charge in [0.05, 0.1) is 6.07 Å². The normalized spacial score (nSPS) is 28.7. The lowest BCUT2D eigenvalue weighted by atomic mass is 9.97. The second kappa shape index (κ2) is 4.39. The Balaban J connectivity index is 2.21. The molecule has 2 nitrogen and oxygen atoms in total. The van der Waals surface area contributed by atoms with Crippen LogP contribution in [0.2, 0.25) is 0 Å². The molecule has 16 heavy (non-hydrogen) atoms. The monoisotopic (exact) mass is 232 g/mol. The average molecular weight is 232 g/mol. The number of nitrogens with one attached hydrogen (secondary N) is 1. The molecule has 0 radical (unpaired) electrons. The molecule has 1 N–H and O–H groups in total. The SMILES string of the molecule is Cc1ccccc1NC1(C#N)CSC(C)C1. The van der Waals surface area contributed by atoms with Crippen LogP contribution in [0.15, 0.2) is 24.3 Å². The molecule has 1 fully saturated rings. The molecule has 1 aromatic carbocycles. The van der Waals surface area contributed by atoms with Gasteiger partial charge >= 0.3 is 0 Å². The van der Waals surface area contributed by atoms with Gasteiger partial charge in [0.1, 0.15) is 5.54 Å². The van der Waals surface area contributed by atoms with E-state index in [-0.39, 0.29) is 5.54 Å². The maximum atomic E-state index is 9.36. The Bertz CT molecular complexity index is 424. The van der Waals surface area contributed by atoms with Gasteiger partial charge in [0.2, 0.25) is 0 Å². The molecule has 1 heterocycles. The lowest BCUT2D eigenvalue weighted by Crippen LogP contribution is -2.37. The van der Waals surface area contributed by atoms with Crippen LogP contribution in [0, 0.1) is 18.3 Å². The molecular formula is C13H16N2S. The van der Waals surface area contributed by atoms with Crippen LogP contribution in [0.3, 0.4) is 0 Å².